The molecule has 0 saturated heterocycles. The number of hydrogen-bond donors (Lipinski definition) is 2. The number of nitrogens with zero attached hydrogens (tertiary/aromatic N) is 1. The number of rotatable bonds is 3. The third-order valence-electron chi connectivity index (χ3n) is 3.47. The second-order valence-electron chi connectivity index (χ2n) is 4.64. The Hall–Kier alpha value is -1.81. The lowest BCUT2D eigenvalue weighted by molar-refractivity contribution is 0.357. The Morgan fingerprint density at radius 3 is 3.17 bits per heavy atom. The molecule has 0 atom stereocenters. The van der Waals surface area contributed by atoms with Gasteiger partial charge in [-0.15, -0.1) is 0 Å². The van der Waals surface area contributed by atoms with Crippen molar-refractivity contribution in [2.24, 2.45) is 5.73 Å². The molecule has 1 aromatic heterocycles. The molecule has 0 unspecified atom stereocenters. The van der Waals surface area contributed by atoms with E-state index in [9.17, 15) is 0 Å². The number of hydrogen-bond acceptors (Lipinski definition) is 3. The first kappa shape index (κ1) is 11.3. The number of benzene rings is 1. The average Bonchev–Trinajstić information content (AvgIpc) is 2.97. The van der Waals surface area contributed by atoms with Gasteiger partial charge in [-0.1, -0.05) is 0 Å². The number of fused-ring (bicyclic) bond motifs is 1. The fourth-order valence-corrected chi connectivity index (χ4v) is 2.44. The number of H-pyrrole nitrogens is 1. The zero-order valence-corrected chi connectivity index (χ0v) is 10.5. The van der Waals surface area contributed by atoms with Gasteiger partial charge in [0, 0.05) is 24.1 Å². The predicted octanol–water partition coefficient (Wildman–Crippen LogP) is 1.82. The maximum absolute atomic E-state index is 5.59. The molecule has 4 nitrogen and oxygen atoms in total. The Kier molecular flexibility index (Phi) is 2.80. The maximum Gasteiger partial charge on any atom is 0.122 e. The Bertz CT molecular complexity index is 574. The predicted molar refractivity (Wildman–Crippen MR) is 70.7 cm³/mol. The monoisotopic (exact) mass is 243 g/mol. The summed E-state index contributed by atoms with van der Waals surface area (Å²) in [4.78, 5) is 0. The highest BCUT2D eigenvalue weighted by Crippen LogP contribution is 2.31. The molecule has 0 amide bonds. The van der Waals surface area contributed by atoms with Crippen molar-refractivity contribution in [3.05, 3.63) is 35.0 Å². The van der Waals surface area contributed by atoms with E-state index in [-0.39, 0.29) is 0 Å². The molecule has 1 aliphatic heterocycles. The highest BCUT2D eigenvalue weighted by Gasteiger charge is 2.15. The van der Waals surface area contributed by atoms with E-state index in [1.165, 1.54) is 11.1 Å². The second-order valence-corrected chi connectivity index (χ2v) is 4.64. The topological polar surface area (TPSA) is 63.9 Å². The molecule has 18 heavy (non-hydrogen) atoms. The van der Waals surface area contributed by atoms with Crippen molar-refractivity contribution in [2.45, 2.75) is 19.8 Å². The van der Waals surface area contributed by atoms with Crippen molar-refractivity contribution in [1.29, 1.82) is 0 Å². The molecule has 3 N–H and O–H groups in total. The van der Waals surface area contributed by atoms with Gasteiger partial charge in [0.05, 0.1) is 12.3 Å². The van der Waals surface area contributed by atoms with E-state index in [1.807, 2.05) is 6.07 Å². The van der Waals surface area contributed by atoms with Crippen molar-refractivity contribution >= 4 is 0 Å². The van der Waals surface area contributed by atoms with Crippen molar-refractivity contribution in [3.63, 3.8) is 0 Å². The highest BCUT2D eigenvalue weighted by atomic mass is 16.5. The van der Waals surface area contributed by atoms with Crippen LogP contribution in [-0.4, -0.2) is 23.3 Å². The van der Waals surface area contributed by atoms with Crippen LogP contribution in [0.5, 0.6) is 5.75 Å². The van der Waals surface area contributed by atoms with Gasteiger partial charge in [-0.3, -0.25) is 5.10 Å². The molecule has 0 aliphatic carbocycles. The standard InChI is InChI=1S/C14H17N3O/c1-9-12(4-6-15)16-17-14(9)11-2-3-13-10(8-11)5-7-18-13/h2-3,8H,4-7,15H2,1H3,(H,16,17). The van der Waals surface area contributed by atoms with Crippen LogP contribution >= 0.6 is 0 Å². The largest absolute Gasteiger partial charge is 0.493 e. The zero-order valence-electron chi connectivity index (χ0n) is 10.5. The summed E-state index contributed by atoms with van der Waals surface area (Å²) in [7, 11) is 0. The van der Waals surface area contributed by atoms with Crippen LogP contribution in [0.15, 0.2) is 18.2 Å². The molecule has 2 heterocycles. The number of nitrogens with two attached hydrogens (primary N) is 1. The van der Waals surface area contributed by atoms with E-state index in [4.69, 9.17) is 10.5 Å². The van der Waals surface area contributed by atoms with Crippen LogP contribution in [0.1, 0.15) is 16.8 Å². The molecular weight excluding hydrogens is 226 g/mol. The van der Waals surface area contributed by atoms with Crippen molar-refractivity contribution in [1.82, 2.24) is 10.2 Å². The van der Waals surface area contributed by atoms with E-state index in [0.717, 1.165) is 42.1 Å². The first-order chi connectivity index (χ1) is 8.79. The van der Waals surface area contributed by atoms with Gasteiger partial charge in [0.25, 0.3) is 0 Å². The molecule has 3 rings (SSSR count). The molecule has 0 bridgehead atoms. The van der Waals surface area contributed by atoms with Crippen LogP contribution in [0.25, 0.3) is 11.3 Å². The third-order valence-corrected chi connectivity index (χ3v) is 3.47. The Balaban J connectivity index is 1.99. The Morgan fingerprint density at radius 2 is 2.33 bits per heavy atom. The highest BCUT2D eigenvalue weighted by molar-refractivity contribution is 5.66. The van der Waals surface area contributed by atoms with E-state index in [0.29, 0.717) is 6.54 Å². The van der Waals surface area contributed by atoms with Crippen LogP contribution in [-0.2, 0) is 12.8 Å². The van der Waals surface area contributed by atoms with E-state index in [2.05, 4.69) is 29.3 Å². The van der Waals surface area contributed by atoms with Crippen LogP contribution in [0.3, 0.4) is 0 Å². The van der Waals surface area contributed by atoms with Crippen molar-refractivity contribution in [2.75, 3.05) is 13.2 Å². The lowest BCUT2D eigenvalue weighted by atomic mass is 10.0. The van der Waals surface area contributed by atoms with Crippen LogP contribution in [0.2, 0.25) is 0 Å². The number of aromatic amines is 1. The number of nitrogens with one attached hydrogen (secondary N) is 1. The molecule has 4 heteroatoms. The molecule has 2 aromatic rings. The van der Waals surface area contributed by atoms with E-state index < -0.39 is 0 Å². The van der Waals surface area contributed by atoms with Gasteiger partial charge in [-0.25, -0.2) is 0 Å². The summed E-state index contributed by atoms with van der Waals surface area (Å²) in [6.07, 6.45) is 1.83. The summed E-state index contributed by atoms with van der Waals surface area (Å²) in [5, 5.41) is 7.49. The molecule has 0 spiro atoms. The van der Waals surface area contributed by atoms with E-state index >= 15 is 0 Å². The first-order valence-corrected chi connectivity index (χ1v) is 6.29. The fraction of sp³-hybridized carbons (Fsp3) is 0.357. The number of aromatic nitrogens is 2. The number of ether oxygens (including phenoxy) is 1. The zero-order chi connectivity index (χ0) is 12.5. The van der Waals surface area contributed by atoms with Gasteiger partial charge in [-0.2, -0.15) is 5.10 Å². The minimum atomic E-state index is 0.639. The Morgan fingerprint density at radius 1 is 1.44 bits per heavy atom. The second kappa shape index (κ2) is 4.46. The smallest absolute Gasteiger partial charge is 0.122 e. The minimum absolute atomic E-state index is 0.639. The SMILES string of the molecule is Cc1c(-c2ccc3c(c2)CCO3)n[nH]c1CCN. The van der Waals surface area contributed by atoms with Gasteiger partial charge in [-0.05, 0) is 42.8 Å². The normalized spacial score (nSPS) is 13.4. The van der Waals surface area contributed by atoms with Gasteiger partial charge in [0.1, 0.15) is 5.75 Å². The summed E-state index contributed by atoms with van der Waals surface area (Å²) in [6.45, 7) is 3.52. The minimum Gasteiger partial charge on any atom is -0.493 e. The molecule has 94 valence electrons. The van der Waals surface area contributed by atoms with Crippen molar-refractivity contribution in [3.8, 4) is 17.0 Å². The summed E-state index contributed by atoms with van der Waals surface area (Å²) in [5.74, 6) is 1.01. The quantitative estimate of drug-likeness (QED) is 0.864. The molecule has 0 radical (unpaired) electrons. The van der Waals surface area contributed by atoms with Gasteiger partial charge < -0.3 is 10.5 Å². The first-order valence-electron chi connectivity index (χ1n) is 6.29. The Labute approximate surface area is 106 Å². The lowest BCUT2D eigenvalue weighted by Gasteiger charge is -2.03. The van der Waals surface area contributed by atoms with Crippen LogP contribution < -0.4 is 10.5 Å². The summed E-state index contributed by atoms with van der Waals surface area (Å²) in [5.41, 5.74) is 11.4. The maximum atomic E-state index is 5.59. The summed E-state index contributed by atoms with van der Waals surface area (Å²) < 4.78 is 5.52. The van der Waals surface area contributed by atoms with E-state index in [1.54, 1.807) is 0 Å². The van der Waals surface area contributed by atoms with Crippen LogP contribution in [0.4, 0.5) is 0 Å². The molecular formula is C14H17N3O. The van der Waals surface area contributed by atoms with Crippen LogP contribution in [0, 0.1) is 6.92 Å². The molecule has 0 saturated carbocycles. The van der Waals surface area contributed by atoms with Gasteiger partial charge in [0.15, 0.2) is 0 Å². The van der Waals surface area contributed by atoms with Gasteiger partial charge >= 0.3 is 0 Å². The lowest BCUT2D eigenvalue weighted by Crippen LogP contribution is -2.03. The third kappa shape index (κ3) is 1.78. The average molecular weight is 243 g/mol. The van der Waals surface area contributed by atoms with Gasteiger partial charge in [0.2, 0.25) is 0 Å². The van der Waals surface area contributed by atoms with Crippen molar-refractivity contribution < 1.29 is 4.74 Å². The molecule has 1 aliphatic rings. The molecule has 0 fully saturated rings. The summed E-state index contributed by atoms with van der Waals surface area (Å²) >= 11 is 0. The molecule has 1 aromatic carbocycles. The fourth-order valence-electron chi connectivity index (χ4n) is 2.44. The summed E-state index contributed by atoms with van der Waals surface area (Å²) in [6, 6.07) is 6.28.